The Labute approximate surface area is 195 Å². The zero-order valence-electron chi connectivity index (χ0n) is 17.9. The molecule has 0 unspecified atom stereocenters. The molecule has 3 N–H and O–H groups in total. The molecule has 0 bridgehead atoms. The standard InChI is InChI=1S/C24H17F4N5O2/c25-18-8-4-14(24(26,27)28)11-21(18)31-23(35)13-22(34)30-16-5-7-17-19(32-33-20(17)12-16)9-6-15-3-1-2-10-29-15/h1-12H,13H2,(H,30,34)(H,31,35)(H,32,33)/b9-6+. The van der Waals surface area contributed by atoms with Crippen LogP contribution in [-0.2, 0) is 15.8 Å². The second kappa shape index (κ2) is 9.75. The van der Waals surface area contributed by atoms with Crippen molar-refractivity contribution in [2.24, 2.45) is 0 Å². The first kappa shape index (κ1) is 23.6. The van der Waals surface area contributed by atoms with E-state index in [2.05, 4.69) is 20.5 Å². The fourth-order valence-corrected chi connectivity index (χ4v) is 3.23. The van der Waals surface area contributed by atoms with E-state index >= 15 is 0 Å². The number of anilines is 2. The molecule has 0 aliphatic heterocycles. The number of alkyl halides is 3. The molecule has 0 aliphatic rings. The number of fused-ring (bicyclic) bond motifs is 1. The van der Waals surface area contributed by atoms with Gasteiger partial charge in [-0.3, -0.25) is 19.7 Å². The maximum absolute atomic E-state index is 13.8. The number of rotatable bonds is 6. The van der Waals surface area contributed by atoms with Gasteiger partial charge in [-0.1, -0.05) is 6.07 Å². The van der Waals surface area contributed by atoms with Crippen molar-refractivity contribution < 1.29 is 27.2 Å². The topological polar surface area (TPSA) is 99.8 Å². The van der Waals surface area contributed by atoms with E-state index in [4.69, 9.17) is 0 Å². The van der Waals surface area contributed by atoms with Gasteiger partial charge in [0.1, 0.15) is 12.2 Å². The van der Waals surface area contributed by atoms with E-state index in [0.29, 0.717) is 35.1 Å². The molecule has 0 fully saturated rings. The number of nitrogens with one attached hydrogen (secondary N) is 3. The molecule has 0 radical (unpaired) electrons. The first-order valence-electron chi connectivity index (χ1n) is 10.2. The molecular weight excluding hydrogens is 466 g/mol. The number of aromatic nitrogens is 3. The van der Waals surface area contributed by atoms with E-state index in [0.717, 1.165) is 11.1 Å². The fourth-order valence-electron chi connectivity index (χ4n) is 3.23. The Kier molecular flexibility index (Phi) is 6.58. The molecule has 178 valence electrons. The van der Waals surface area contributed by atoms with Gasteiger partial charge in [-0.05, 0) is 60.7 Å². The SMILES string of the molecule is O=C(CC(=O)Nc1cc(C(F)(F)F)ccc1F)Nc1ccc2c(/C=C/c3ccccn3)n[nH]c2c1. The molecule has 0 saturated carbocycles. The van der Waals surface area contributed by atoms with Crippen LogP contribution in [0.5, 0.6) is 0 Å². The number of hydrogen-bond acceptors (Lipinski definition) is 4. The molecule has 2 amide bonds. The van der Waals surface area contributed by atoms with Crippen molar-refractivity contribution in [3.8, 4) is 0 Å². The fraction of sp³-hybridized carbons (Fsp3) is 0.0833. The Morgan fingerprint density at radius 3 is 2.51 bits per heavy atom. The molecule has 35 heavy (non-hydrogen) atoms. The van der Waals surface area contributed by atoms with E-state index in [9.17, 15) is 27.2 Å². The Morgan fingerprint density at radius 2 is 1.77 bits per heavy atom. The van der Waals surface area contributed by atoms with Gasteiger partial charge in [-0.25, -0.2) is 4.39 Å². The molecule has 2 aromatic heterocycles. The molecule has 4 aromatic rings. The first-order valence-corrected chi connectivity index (χ1v) is 10.2. The van der Waals surface area contributed by atoms with Gasteiger partial charge in [-0.15, -0.1) is 0 Å². The molecule has 7 nitrogen and oxygen atoms in total. The number of pyridine rings is 1. The summed E-state index contributed by atoms with van der Waals surface area (Å²) in [4.78, 5) is 28.5. The molecule has 0 aliphatic carbocycles. The Balaban J connectivity index is 1.39. The number of amides is 2. The summed E-state index contributed by atoms with van der Waals surface area (Å²) in [6, 6.07) is 12.1. The predicted molar refractivity (Wildman–Crippen MR) is 123 cm³/mol. The van der Waals surface area contributed by atoms with Crippen LogP contribution in [-0.4, -0.2) is 27.0 Å². The van der Waals surface area contributed by atoms with Crippen LogP contribution < -0.4 is 10.6 Å². The second-order valence-electron chi connectivity index (χ2n) is 7.42. The highest BCUT2D eigenvalue weighted by molar-refractivity contribution is 6.08. The summed E-state index contributed by atoms with van der Waals surface area (Å²) in [5.74, 6) is -2.75. The van der Waals surface area contributed by atoms with E-state index in [1.165, 1.54) is 0 Å². The smallest absolute Gasteiger partial charge is 0.326 e. The van der Waals surface area contributed by atoms with Gasteiger partial charge in [0.2, 0.25) is 11.8 Å². The van der Waals surface area contributed by atoms with E-state index in [1.807, 2.05) is 23.5 Å². The largest absolute Gasteiger partial charge is 0.416 e. The number of carbonyl (C=O) groups is 2. The summed E-state index contributed by atoms with van der Waals surface area (Å²) in [5.41, 5.74) is 0.619. The maximum Gasteiger partial charge on any atom is 0.416 e. The number of carbonyl (C=O) groups excluding carboxylic acids is 2. The highest BCUT2D eigenvalue weighted by atomic mass is 19.4. The molecule has 0 spiro atoms. The minimum atomic E-state index is -4.70. The number of H-pyrrole nitrogens is 1. The number of halogens is 4. The van der Waals surface area contributed by atoms with E-state index in [-0.39, 0.29) is 0 Å². The second-order valence-corrected chi connectivity index (χ2v) is 7.42. The molecule has 11 heteroatoms. The van der Waals surface area contributed by atoms with Gasteiger partial charge in [-0.2, -0.15) is 18.3 Å². The average molecular weight is 483 g/mol. The van der Waals surface area contributed by atoms with Crippen molar-refractivity contribution in [1.82, 2.24) is 15.2 Å². The predicted octanol–water partition coefficient (Wildman–Crippen LogP) is 5.25. The van der Waals surface area contributed by atoms with Crippen LogP contribution in [0.2, 0.25) is 0 Å². The van der Waals surface area contributed by atoms with Crippen LogP contribution in [0.25, 0.3) is 23.1 Å². The minimum absolute atomic E-state index is 0.365. The van der Waals surface area contributed by atoms with Gasteiger partial charge in [0.15, 0.2) is 0 Å². The number of benzene rings is 2. The van der Waals surface area contributed by atoms with Crippen LogP contribution >= 0.6 is 0 Å². The lowest BCUT2D eigenvalue weighted by Crippen LogP contribution is -2.22. The van der Waals surface area contributed by atoms with Crippen LogP contribution in [0.1, 0.15) is 23.4 Å². The van der Waals surface area contributed by atoms with Crippen molar-refractivity contribution in [3.63, 3.8) is 0 Å². The quantitative estimate of drug-likeness (QED) is 0.258. The summed E-state index contributed by atoms with van der Waals surface area (Å²) in [6.45, 7) is 0. The lowest BCUT2D eigenvalue weighted by molar-refractivity contribution is -0.137. The normalized spacial score (nSPS) is 11.7. The third-order valence-electron chi connectivity index (χ3n) is 4.86. The van der Waals surface area contributed by atoms with Crippen LogP contribution in [0.3, 0.4) is 0 Å². The summed E-state index contributed by atoms with van der Waals surface area (Å²) >= 11 is 0. The monoisotopic (exact) mass is 483 g/mol. The average Bonchev–Trinajstić information content (AvgIpc) is 3.21. The molecule has 4 rings (SSSR count). The molecule has 2 aromatic carbocycles. The van der Waals surface area contributed by atoms with Gasteiger partial charge in [0.05, 0.1) is 28.2 Å². The first-order chi connectivity index (χ1) is 16.7. The van der Waals surface area contributed by atoms with Crippen LogP contribution in [0.15, 0.2) is 60.8 Å². The summed E-state index contributed by atoms with van der Waals surface area (Å²) in [5, 5.41) is 12.4. The summed E-state index contributed by atoms with van der Waals surface area (Å²) in [7, 11) is 0. The lowest BCUT2D eigenvalue weighted by atomic mass is 10.1. The molecular formula is C24H17F4N5O2. The van der Waals surface area contributed by atoms with E-state index in [1.54, 1.807) is 36.5 Å². The Bertz CT molecular complexity index is 1410. The molecule has 0 saturated heterocycles. The maximum atomic E-state index is 13.8. The van der Waals surface area contributed by atoms with Gasteiger partial charge in [0, 0.05) is 17.3 Å². The Morgan fingerprint density at radius 1 is 0.971 bits per heavy atom. The van der Waals surface area contributed by atoms with Crippen molar-refractivity contribution in [2.45, 2.75) is 12.6 Å². The minimum Gasteiger partial charge on any atom is -0.326 e. The van der Waals surface area contributed by atoms with Gasteiger partial charge < -0.3 is 10.6 Å². The molecule has 2 heterocycles. The third-order valence-corrected chi connectivity index (χ3v) is 4.86. The number of nitrogens with zero attached hydrogens (tertiary/aromatic N) is 2. The highest BCUT2D eigenvalue weighted by Crippen LogP contribution is 2.32. The summed E-state index contributed by atoms with van der Waals surface area (Å²) in [6.07, 6.45) is -0.166. The van der Waals surface area contributed by atoms with Crippen molar-refractivity contribution >= 4 is 46.2 Å². The molecule has 0 atom stereocenters. The van der Waals surface area contributed by atoms with Gasteiger partial charge >= 0.3 is 6.18 Å². The van der Waals surface area contributed by atoms with Gasteiger partial charge in [0.25, 0.3) is 0 Å². The van der Waals surface area contributed by atoms with Crippen molar-refractivity contribution in [1.29, 1.82) is 0 Å². The Hall–Kier alpha value is -4.54. The van der Waals surface area contributed by atoms with Crippen LogP contribution in [0.4, 0.5) is 28.9 Å². The highest BCUT2D eigenvalue weighted by Gasteiger charge is 2.31. The van der Waals surface area contributed by atoms with Crippen molar-refractivity contribution in [2.75, 3.05) is 10.6 Å². The summed E-state index contributed by atoms with van der Waals surface area (Å²) < 4.78 is 52.2. The number of aromatic amines is 1. The third kappa shape index (κ3) is 5.88. The zero-order valence-corrected chi connectivity index (χ0v) is 17.9. The zero-order chi connectivity index (χ0) is 25.0. The number of hydrogen-bond donors (Lipinski definition) is 3. The lowest BCUT2D eigenvalue weighted by Gasteiger charge is -2.11. The van der Waals surface area contributed by atoms with Crippen LogP contribution in [0, 0.1) is 5.82 Å². The van der Waals surface area contributed by atoms with E-state index < -0.39 is 41.5 Å². The van der Waals surface area contributed by atoms with Crippen molar-refractivity contribution in [3.05, 3.63) is 83.6 Å².